The third kappa shape index (κ3) is 3.94. The average molecular weight is 330 g/mol. The van der Waals surface area contributed by atoms with Crippen LogP contribution in [0.2, 0.25) is 0 Å². The van der Waals surface area contributed by atoms with E-state index in [4.69, 9.17) is 15.6 Å². The van der Waals surface area contributed by atoms with Crippen LogP contribution >= 0.6 is 15.9 Å². The van der Waals surface area contributed by atoms with Crippen molar-refractivity contribution in [2.75, 3.05) is 7.11 Å². The summed E-state index contributed by atoms with van der Waals surface area (Å²) in [5.74, 6) is -0.371. The van der Waals surface area contributed by atoms with Gasteiger partial charge in [-0.2, -0.15) is 0 Å². The van der Waals surface area contributed by atoms with Crippen molar-refractivity contribution < 1.29 is 14.6 Å². The molecule has 0 radical (unpaired) electrons. The molecule has 1 unspecified atom stereocenters. The van der Waals surface area contributed by atoms with E-state index >= 15 is 0 Å². The van der Waals surface area contributed by atoms with Gasteiger partial charge in [-0.25, -0.2) is 0 Å². The molecule has 0 amide bonds. The highest BCUT2D eigenvalue weighted by atomic mass is 79.9. The number of aliphatic carboxylic acids is 1. The highest BCUT2D eigenvalue weighted by molar-refractivity contribution is 9.10. The number of ether oxygens (including phenoxy) is 1. The Morgan fingerprint density at radius 3 is 2.47 bits per heavy atom. The zero-order valence-electron chi connectivity index (χ0n) is 11.7. The summed E-state index contributed by atoms with van der Waals surface area (Å²) in [5, 5.41) is 8.93. The van der Waals surface area contributed by atoms with Gasteiger partial charge in [-0.05, 0) is 38.5 Å². The predicted molar refractivity (Wildman–Crippen MR) is 78.7 cm³/mol. The molecule has 1 atom stereocenters. The monoisotopic (exact) mass is 329 g/mol. The first kappa shape index (κ1) is 16.0. The molecular weight excluding hydrogens is 310 g/mol. The molecule has 5 heteroatoms. The molecule has 0 saturated heterocycles. The number of rotatable bonds is 4. The van der Waals surface area contributed by atoms with Gasteiger partial charge in [0.15, 0.2) is 0 Å². The van der Waals surface area contributed by atoms with Crippen molar-refractivity contribution in [2.45, 2.75) is 38.6 Å². The van der Waals surface area contributed by atoms with Gasteiger partial charge < -0.3 is 15.6 Å². The summed E-state index contributed by atoms with van der Waals surface area (Å²) in [7, 11) is 1.56. The summed E-state index contributed by atoms with van der Waals surface area (Å²) in [6, 6.07) is 3.03. The number of hydrogen-bond donors (Lipinski definition) is 2. The molecule has 0 spiro atoms. The van der Waals surface area contributed by atoms with Crippen molar-refractivity contribution in [1.82, 2.24) is 0 Å². The Bertz CT molecular complexity index is 480. The number of halogens is 1. The summed E-state index contributed by atoms with van der Waals surface area (Å²) < 4.78 is 6.14. The number of benzene rings is 1. The number of methoxy groups -OCH3 is 1. The van der Waals surface area contributed by atoms with Crippen LogP contribution in [0.25, 0.3) is 0 Å². The van der Waals surface area contributed by atoms with Crippen LogP contribution in [0.3, 0.4) is 0 Å². The first-order chi connectivity index (χ1) is 8.66. The minimum absolute atomic E-state index is 0.0309. The van der Waals surface area contributed by atoms with E-state index in [1.807, 2.05) is 12.1 Å². The van der Waals surface area contributed by atoms with Crippen molar-refractivity contribution in [2.24, 2.45) is 5.73 Å². The third-order valence-electron chi connectivity index (χ3n) is 2.95. The Morgan fingerprint density at radius 1 is 1.47 bits per heavy atom. The Labute approximate surface area is 122 Å². The predicted octanol–water partition coefficient (Wildman–Crippen LogP) is 2.71. The highest BCUT2D eigenvalue weighted by Gasteiger charge is 2.21. The Hall–Kier alpha value is -1.07. The van der Waals surface area contributed by atoms with Gasteiger partial charge in [-0.1, -0.05) is 26.8 Å². The van der Waals surface area contributed by atoms with Gasteiger partial charge in [-0.3, -0.25) is 4.79 Å². The molecule has 19 heavy (non-hydrogen) atoms. The summed E-state index contributed by atoms with van der Waals surface area (Å²) in [4.78, 5) is 10.9. The molecular formula is C14H20BrNO3. The van der Waals surface area contributed by atoms with Gasteiger partial charge >= 0.3 is 5.97 Å². The van der Waals surface area contributed by atoms with Crippen LogP contribution in [-0.2, 0) is 16.6 Å². The summed E-state index contributed by atoms with van der Waals surface area (Å²) in [6.45, 7) is 6.30. The molecule has 1 rings (SSSR count). The molecule has 106 valence electrons. The van der Waals surface area contributed by atoms with Gasteiger partial charge in [0.1, 0.15) is 11.8 Å². The van der Waals surface area contributed by atoms with E-state index in [0.717, 1.165) is 15.6 Å². The average Bonchev–Trinajstić information content (AvgIpc) is 2.27. The Morgan fingerprint density at radius 2 is 2.05 bits per heavy atom. The molecule has 0 saturated carbocycles. The molecule has 0 aromatic heterocycles. The largest absolute Gasteiger partial charge is 0.495 e. The van der Waals surface area contributed by atoms with Crippen molar-refractivity contribution in [1.29, 1.82) is 0 Å². The lowest BCUT2D eigenvalue weighted by Crippen LogP contribution is -2.32. The molecule has 0 aliphatic rings. The minimum Gasteiger partial charge on any atom is -0.495 e. The molecule has 3 N–H and O–H groups in total. The maximum atomic E-state index is 10.9. The number of carboxylic acid groups (broad SMARTS) is 1. The fourth-order valence-corrected chi connectivity index (χ4v) is 2.45. The SMILES string of the molecule is COc1c(Br)cc(C(C)(C)C)cc1CC(N)C(=O)O. The van der Waals surface area contributed by atoms with Crippen LogP contribution in [0, 0.1) is 0 Å². The van der Waals surface area contributed by atoms with Gasteiger partial charge in [0, 0.05) is 6.42 Å². The molecule has 0 aliphatic heterocycles. The second-order valence-corrected chi connectivity index (χ2v) is 6.40. The van der Waals surface area contributed by atoms with Crippen molar-refractivity contribution >= 4 is 21.9 Å². The van der Waals surface area contributed by atoms with Crippen LogP contribution in [0.4, 0.5) is 0 Å². The van der Waals surface area contributed by atoms with Gasteiger partial charge in [-0.15, -0.1) is 0 Å². The topological polar surface area (TPSA) is 72.5 Å². The summed E-state index contributed by atoms with van der Waals surface area (Å²) >= 11 is 3.46. The lowest BCUT2D eigenvalue weighted by atomic mass is 9.85. The first-order valence-corrected chi connectivity index (χ1v) is 6.81. The number of hydrogen-bond acceptors (Lipinski definition) is 3. The smallest absolute Gasteiger partial charge is 0.320 e. The van der Waals surface area contributed by atoms with Crippen LogP contribution in [0.1, 0.15) is 31.9 Å². The van der Waals surface area contributed by atoms with Crippen LogP contribution in [0.5, 0.6) is 5.75 Å². The summed E-state index contributed by atoms with van der Waals surface area (Å²) in [6.07, 6.45) is 0.237. The lowest BCUT2D eigenvalue weighted by Gasteiger charge is -2.22. The van der Waals surface area contributed by atoms with Gasteiger partial charge in [0.2, 0.25) is 0 Å². The highest BCUT2D eigenvalue weighted by Crippen LogP contribution is 2.35. The Balaban J connectivity index is 3.27. The standard InChI is InChI=1S/C14H20BrNO3/c1-14(2,3)9-5-8(6-11(16)13(17)18)12(19-4)10(15)7-9/h5,7,11H,6,16H2,1-4H3,(H,17,18). The van der Waals surface area contributed by atoms with Crippen LogP contribution in [0.15, 0.2) is 16.6 Å². The summed E-state index contributed by atoms with van der Waals surface area (Å²) in [5.41, 5.74) is 7.49. The number of carboxylic acids is 1. The molecule has 4 nitrogen and oxygen atoms in total. The first-order valence-electron chi connectivity index (χ1n) is 6.02. The van der Waals surface area contributed by atoms with Gasteiger partial charge in [0.05, 0.1) is 11.6 Å². The molecule has 1 aromatic carbocycles. The Kier molecular flexibility index (Phi) is 4.98. The zero-order valence-corrected chi connectivity index (χ0v) is 13.2. The van der Waals surface area contributed by atoms with Gasteiger partial charge in [0.25, 0.3) is 0 Å². The second kappa shape index (κ2) is 5.92. The fourth-order valence-electron chi connectivity index (χ4n) is 1.79. The maximum absolute atomic E-state index is 10.9. The normalized spacial score (nSPS) is 13.2. The number of carbonyl (C=O) groups is 1. The van der Waals surface area contributed by atoms with E-state index in [1.165, 1.54) is 0 Å². The van der Waals surface area contributed by atoms with E-state index in [0.29, 0.717) is 5.75 Å². The second-order valence-electron chi connectivity index (χ2n) is 5.55. The molecule has 0 heterocycles. The molecule has 1 aromatic rings. The van der Waals surface area contributed by atoms with Crippen LogP contribution < -0.4 is 10.5 Å². The van der Waals surface area contributed by atoms with Crippen molar-refractivity contribution in [3.05, 3.63) is 27.7 Å². The molecule has 0 fully saturated rings. The third-order valence-corrected chi connectivity index (χ3v) is 3.54. The zero-order chi connectivity index (χ0) is 14.8. The van der Waals surface area contributed by atoms with E-state index in [1.54, 1.807) is 7.11 Å². The van der Waals surface area contributed by atoms with E-state index in [2.05, 4.69) is 36.7 Å². The molecule has 0 bridgehead atoms. The van der Waals surface area contributed by atoms with E-state index in [-0.39, 0.29) is 11.8 Å². The minimum atomic E-state index is -1.01. The fraction of sp³-hybridized carbons (Fsp3) is 0.500. The van der Waals surface area contributed by atoms with Crippen LogP contribution in [-0.4, -0.2) is 24.2 Å². The van der Waals surface area contributed by atoms with E-state index < -0.39 is 12.0 Å². The molecule has 0 aliphatic carbocycles. The van der Waals surface area contributed by atoms with Crippen molar-refractivity contribution in [3.63, 3.8) is 0 Å². The maximum Gasteiger partial charge on any atom is 0.320 e. The number of nitrogens with two attached hydrogens (primary N) is 1. The lowest BCUT2D eigenvalue weighted by molar-refractivity contribution is -0.138. The quantitative estimate of drug-likeness (QED) is 0.890. The van der Waals surface area contributed by atoms with E-state index in [9.17, 15) is 4.79 Å². The van der Waals surface area contributed by atoms with Crippen molar-refractivity contribution in [3.8, 4) is 5.75 Å².